The van der Waals surface area contributed by atoms with Crippen molar-refractivity contribution in [1.29, 1.82) is 0 Å². The Bertz CT molecular complexity index is 715. The molecule has 0 saturated carbocycles. The number of hydrogen-bond acceptors (Lipinski definition) is 3. The van der Waals surface area contributed by atoms with Crippen molar-refractivity contribution in [2.75, 3.05) is 0 Å². The highest BCUT2D eigenvalue weighted by molar-refractivity contribution is 7.98. The topological polar surface area (TPSA) is 45.8 Å². The third kappa shape index (κ3) is 2.87. The molecule has 20 heavy (non-hydrogen) atoms. The lowest BCUT2D eigenvalue weighted by atomic mass is 10.2. The summed E-state index contributed by atoms with van der Waals surface area (Å²) in [5.74, 6) is 0.722. The Morgan fingerprint density at radius 3 is 2.90 bits per heavy atom. The minimum Gasteiger partial charge on any atom is -0.309 e. The van der Waals surface area contributed by atoms with E-state index in [1.165, 1.54) is 5.56 Å². The van der Waals surface area contributed by atoms with Gasteiger partial charge in [0.05, 0.1) is 10.0 Å². The smallest absolute Gasteiger partial charge is 0.309 e. The van der Waals surface area contributed by atoms with E-state index in [1.807, 2.05) is 12.1 Å². The third-order valence-electron chi connectivity index (χ3n) is 3.30. The van der Waals surface area contributed by atoms with Crippen LogP contribution >= 0.6 is 35.0 Å². The van der Waals surface area contributed by atoms with Crippen LogP contribution in [0.4, 0.5) is 0 Å². The molecule has 0 saturated heterocycles. The number of H-pyrrole nitrogens is 1. The summed E-state index contributed by atoms with van der Waals surface area (Å²) in [6, 6.07) is 5.58. The second-order valence-corrected chi connectivity index (χ2v) is 6.47. The van der Waals surface area contributed by atoms with Crippen molar-refractivity contribution in [3.8, 4) is 0 Å². The number of halogens is 2. The molecule has 1 N–H and O–H groups in total. The van der Waals surface area contributed by atoms with Crippen LogP contribution in [-0.4, -0.2) is 9.97 Å². The van der Waals surface area contributed by atoms with E-state index in [2.05, 4.69) is 9.97 Å². The first-order valence-electron chi connectivity index (χ1n) is 6.32. The van der Waals surface area contributed by atoms with Gasteiger partial charge in [0.25, 0.3) is 0 Å². The Balaban J connectivity index is 1.82. The summed E-state index contributed by atoms with van der Waals surface area (Å²) in [5, 5.41) is 1.94. The first-order valence-corrected chi connectivity index (χ1v) is 8.06. The second-order valence-electron chi connectivity index (χ2n) is 4.69. The fraction of sp³-hybridized carbons (Fsp3) is 0.286. The van der Waals surface area contributed by atoms with E-state index in [0.717, 1.165) is 41.3 Å². The predicted octanol–water partition coefficient (Wildman–Crippen LogP) is 3.86. The van der Waals surface area contributed by atoms with E-state index in [1.54, 1.807) is 17.8 Å². The number of hydrogen-bond donors (Lipinski definition) is 1. The van der Waals surface area contributed by atoms with Crippen LogP contribution < -0.4 is 5.69 Å². The molecule has 6 heteroatoms. The highest BCUT2D eigenvalue weighted by Crippen LogP contribution is 2.31. The summed E-state index contributed by atoms with van der Waals surface area (Å²) in [6.07, 6.45) is 3.01. The zero-order valence-electron chi connectivity index (χ0n) is 10.6. The Hall–Kier alpha value is -0.970. The molecule has 0 unspecified atom stereocenters. The zero-order chi connectivity index (χ0) is 14.1. The molecule has 1 aliphatic rings. The number of aromatic amines is 1. The molecular formula is C14H12Cl2N2OS. The van der Waals surface area contributed by atoms with E-state index >= 15 is 0 Å². The van der Waals surface area contributed by atoms with Crippen molar-refractivity contribution >= 4 is 35.0 Å². The maximum atomic E-state index is 11.5. The largest absolute Gasteiger partial charge is 0.346 e. The van der Waals surface area contributed by atoms with Crippen LogP contribution in [0.1, 0.15) is 23.2 Å². The molecule has 3 nitrogen and oxygen atoms in total. The van der Waals surface area contributed by atoms with Crippen LogP contribution in [0, 0.1) is 0 Å². The Kier molecular flexibility index (Phi) is 4.06. The van der Waals surface area contributed by atoms with Gasteiger partial charge >= 0.3 is 5.69 Å². The van der Waals surface area contributed by atoms with E-state index < -0.39 is 0 Å². The number of aryl methyl sites for hydroxylation is 1. The Morgan fingerprint density at radius 1 is 1.25 bits per heavy atom. The number of aromatic nitrogens is 2. The second kappa shape index (κ2) is 5.80. The van der Waals surface area contributed by atoms with E-state index in [4.69, 9.17) is 23.2 Å². The first-order chi connectivity index (χ1) is 9.63. The fourth-order valence-electron chi connectivity index (χ4n) is 2.33. The van der Waals surface area contributed by atoms with Crippen molar-refractivity contribution in [2.45, 2.75) is 30.0 Å². The molecule has 3 rings (SSSR count). The summed E-state index contributed by atoms with van der Waals surface area (Å²) in [7, 11) is 0. The van der Waals surface area contributed by atoms with E-state index in [-0.39, 0.29) is 5.69 Å². The van der Waals surface area contributed by atoms with Crippen LogP contribution in [0.15, 0.2) is 28.0 Å². The molecule has 0 bridgehead atoms. The Morgan fingerprint density at radius 2 is 2.10 bits per heavy atom. The molecule has 1 aromatic carbocycles. The van der Waals surface area contributed by atoms with Crippen LogP contribution in [0.2, 0.25) is 10.0 Å². The Labute approximate surface area is 130 Å². The molecule has 0 amide bonds. The molecule has 0 radical (unpaired) electrons. The van der Waals surface area contributed by atoms with Crippen LogP contribution in [0.3, 0.4) is 0 Å². The van der Waals surface area contributed by atoms with Gasteiger partial charge in [0.15, 0.2) is 0 Å². The molecule has 104 valence electrons. The number of nitrogens with one attached hydrogen (secondary N) is 1. The minimum atomic E-state index is -0.262. The monoisotopic (exact) mass is 326 g/mol. The predicted molar refractivity (Wildman–Crippen MR) is 82.9 cm³/mol. The van der Waals surface area contributed by atoms with Crippen LogP contribution in [-0.2, 0) is 18.6 Å². The van der Waals surface area contributed by atoms with Crippen molar-refractivity contribution in [3.05, 3.63) is 55.5 Å². The van der Waals surface area contributed by atoms with Gasteiger partial charge < -0.3 is 4.98 Å². The highest BCUT2D eigenvalue weighted by Gasteiger charge is 2.18. The van der Waals surface area contributed by atoms with Gasteiger partial charge in [0.2, 0.25) is 0 Å². The minimum absolute atomic E-state index is 0.262. The van der Waals surface area contributed by atoms with Gasteiger partial charge in [0, 0.05) is 17.0 Å². The molecule has 0 aliphatic heterocycles. The number of rotatable bonds is 3. The maximum absolute atomic E-state index is 11.5. The normalized spacial score (nSPS) is 13.5. The van der Waals surface area contributed by atoms with Crippen LogP contribution in [0.5, 0.6) is 0 Å². The van der Waals surface area contributed by atoms with Crippen molar-refractivity contribution < 1.29 is 0 Å². The lowest BCUT2D eigenvalue weighted by Gasteiger charge is -2.07. The number of benzene rings is 1. The number of nitrogens with zero attached hydrogens (tertiary/aromatic N) is 1. The molecule has 0 spiro atoms. The van der Waals surface area contributed by atoms with Crippen molar-refractivity contribution in [2.24, 2.45) is 0 Å². The maximum Gasteiger partial charge on any atom is 0.346 e. The quantitative estimate of drug-likeness (QED) is 0.688. The van der Waals surface area contributed by atoms with Gasteiger partial charge in [-0.3, -0.25) is 0 Å². The van der Waals surface area contributed by atoms with Gasteiger partial charge in [-0.1, -0.05) is 29.3 Å². The summed E-state index contributed by atoms with van der Waals surface area (Å²) in [6.45, 7) is 0. The van der Waals surface area contributed by atoms with Gasteiger partial charge in [-0.25, -0.2) is 4.79 Å². The molecular weight excluding hydrogens is 315 g/mol. The average Bonchev–Trinajstić information content (AvgIpc) is 2.88. The van der Waals surface area contributed by atoms with Crippen molar-refractivity contribution in [3.63, 3.8) is 0 Å². The van der Waals surface area contributed by atoms with Crippen LogP contribution in [0.25, 0.3) is 0 Å². The number of fused-ring (bicyclic) bond motifs is 1. The molecule has 0 fully saturated rings. The standard InChI is InChI=1S/C14H12Cl2N2OS/c15-10-5-4-8(6-11(10)16)7-20-13-9-2-1-3-12(9)17-14(19)18-13/h4-6H,1-3,7H2,(H,17,18,19). The zero-order valence-corrected chi connectivity index (χ0v) is 12.9. The van der Waals surface area contributed by atoms with Gasteiger partial charge in [0.1, 0.15) is 5.03 Å². The highest BCUT2D eigenvalue weighted by atomic mass is 35.5. The SMILES string of the molecule is O=c1nc(SCc2ccc(Cl)c(Cl)c2)c2c([nH]1)CCC2. The summed E-state index contributed by atoms with van der Waals surface area (Å²) in [5.41, 5.74) is 3.04. The summed E-state index contributed by atoms with van der Waals surface area (Å²) in [4.78, 5) is 18.5. The average molecular weight is 327 g/mol. The van der Waals surface area contributed by atoms with E-state index in [0.29, 0.717) is 10.0 Å². The van der Waals surface area contributed by atoms with E-state index in [9.17, 15) is 4.79 Å². The molecule has 0 atom stereocenters. The summed E-state index contributed by atoms with van der Waals surface area (Å²) < 4.78 is 0. The molecule has 1 aliphatic carbocycles. The lowest BCUT2D eigenvalue weighted by Crippen LogP contribution is -2.14. The molecule has 2 aromatic rings. The van der Waals surface area contributed by atoms with Gasteiger partial charge in [-0.2, -0.15) is 4.98 Å². The fourth-order valence-corrected chi connectivity index (χ4v) is 3.69. The molecule has 1 aromatic heterocycles. The lowest BCUT2D eigenvalue weighted by molar-refractivity contribution is 0.895. The third-order valence-corrected chi connectivity index (χ3v) is 5.12. The van der Waals surface area contributed by atoms with Gasteiger partial charge in [-0.05, 0) is 37.0 Å². The van der Waals surface area contributed by atoms with Crippen molar-refractivity contribution in [1.82, 2.24) is 9.97 Å². The first kappa shape index (κ1) is 14.0. The number of thioether (sulfide) groups is 1. The molecule has 1 heterocycles. The van der Waals surface area contributed by atoms with Gasteiger partial charge in [-0.15, -0.1) is 11.8 Å². The summed E-state index contributed by atoms with van der Waals surface area (Å²) >= 11 is 13.5.